The van der Waals surface area contributed by atoms with Gasteiger partial charge in [-0.25, -0.2) is 0 Å². The van der Waals surface area contributed by atoms with Crippen molar-refractivity contribution < 1.29 is 4.79 Å². The molecule has 0 spiro atoms. The van der Waals surface area contributed by atoms with E-state index in [1.807, 2.05) is 38.1 Å². The molecule has 2 aromatic rings. The van der Waals surface area contributed by atoms with Crippen molar-refractivity contribution in [2.75, 3.05) is 13.1 Å². The third kappa shape index (κ3) is 4.45. The van der Waals surface area contributed by atoms with E-state index >= 15 is 0 Å². The van der Waals surface area contributed by atoms with Crippen LogP contribution in [0.5, 0.6) is 0 Å². The van der Waals surface area contributed by atoms with Gasteiger partial charge in [-0.1, -0.05) is 50.2 Å². The fourth-order valence-electron chi connectivity index (χ4n) is 2.84. The van der Waals surface area contributed by atoms with E-state index < -0.39 is 0 Å². The van der Waals surface area contributed by atoms with Crippen LogP contribution in [0.15, 0.2) is 42.5 Å². The summed E-state index contributed by atoms with van der Waals surface area (Å²) in [4.78, 5) is 14.9. The van der Waals surface area contributed by atoms with E-state index in [4.69, 9.17) is 0 Å². The van der Waals surface area contributed by atoms with E-state index in [-0.39, 0.29) is 5.91 Å². The number of amides is 1. The van der Waals surface area contributed by atoms with Crippen LogP contribution in [-0.2, 0) is 13.1 Å². The monoisotopic (exact) mass is 324 g/mol. The number of carbonyl (C=O) groups excluding carboxylic acids is 1. The van der Waals surface area contributed by atoms with E-state index in [2.05, 4.69) is 42.3 Å². The largest absolute Gasteiger partial charge is 0.348 e. The number of hydrogen-bond donors (Lipinski definition) is 1. The highest BCUT2D eigenvalue weighted by atomic mass is 16.1. The van der Waals surface area contributed by atoms with Crippen molar-refractivity contribution >= 4 is 5.91 Å². The Morgan fingerprint density at radius 3 is 2.29 bits per heavy atom. The average molecular weight is 324 g/mol. The molecule has 0 aliphatic rings. The summed E-state index contributed by atoms with van der Waals surface area (Å²) in [7, 11) is 0. The van der Waals surface area contributed by atoms with Crippen molar-refractivity contribution in [1.29, 1.82) is 0 Å². The quantitative estimate of drug-likeness (QED) is 0.832. The maximum absolute atomic E-state index is 12.5. The van der Waals surface area contributed by atoms with E-state index in [1.165, 1.54) is 11.1 Å². The van der Waals surface area contributed by atoms with Gasteiger partial charge in [0.1, 0.15) is 0 Å². The van der Waals surface area contributed by atoms with Gasteiger partial charge in [0.2, 0.25) is 0 Å². The summed E-state index contributed by atoms with van der Waals surface area (Å²) in [5.41, 5.74) is 5.41. The summed E-state index contributed by atoms with van der Waals surface area (Å²) >= 11 is 0. The molecule has 2 aromatic carbocycles. The number of benzene rings is 2. The third-order valence-electron chi connectivity index (χ3n) is 4.70. The lowest BCUT2D eigenvalue weighted by atomic mass is 10.0. The smallest absolute Gasteiger partial charge is 0.251 e. The third-order valence-corrected chi connectivity index (χ3v) is 4.70. The Balaban J connectivity index is 2.09. The second-order valence-electron chi connectivity index (χ2n) is 6.16. The van der Waals surface area contributed by atoms with E-state index in [1.54, 1.807) is 0 Å². The molecule has 2 rings (SSSR count). The lowest BCUT2D eigenvalue weighted by Crippen LogP contribution is -2.26. The molecule has 24 heavy (non-hydrogen) atoms. The second-order valence-corrected chi connectivity index (χ2v) is 6.16. The lowest BCUT2D eigenvalue weighted by Gasteiger charge is -2.20. The fraction of sp³-hybridized carbons (Fsp3) is 0.381. The Kier molecular flexibility index (Phi) is 6.56. The zero-order chi connectivity index (χ0) is 17.5. The van der Waals surface area contributed by atoms with Crippen molar-refractivity contribution in [3.05, 3.63) is 70.3 Å². The molecule has 0 radical (unpaired) electrons. The summed E-state index contributed by atoms with van der Waals surface area (Å²) in [5.74, 6) is -0.00570. The second kappa shape index (κ2) is 8.65. The van der Waals surface area contributed by atoms with Gasteiger partial charge in [0, 0.05) is 18.7 Å². The minimum absolute atomic E-state index is 0.00570. The van der Waals surface area contributed by atoms with Crippen LogP contribution in [0.3, 0.4) is 0 Å². The molecule has 0 heterocycles. The first-order chi connectivity index (χ1) is 11.6. The molecule has 128 valence electrons. The van der Waals surface area contributed by atoms with Gasteiger partial charge in [-0.05, 0) is 55.3 Å². The highest BCUT2D eigenvalue weighted by Crippen LogP contribution is 2.14. The zero-order valence-electron chi connectivity index (χ0n) is 15.2. The summed E-state index contributed by atoms with van der Waals surface area (Å²) in [6.45, 7) is 11.9. The number of nitrogens with zero attached hydrogens (tertiary/aromatic N) is 1. The van der Waals surface area contributed by atoms with Crippen LogP contribution in [0.1, 0.15) is 46.5 Å². The zero-order valence-corrected chi connectivity index (χ0v) is 15.2. The molecule has 1 amide bonds. The van der Waals surface area contributed by atoms with Crippen LogP contribution in [-0.4, -0.2) is 23.9 Å². The molecule has 0 bridgehead atoms. The van der Waals surface area contributed by atoms with E-state index in [9.17, 15) is 4.79 Å². The predicted molar refractivity (Wildman–Crippen MR) is 100 cm³/mol. The number of rotatable bonds is 7. The molecular formula is C21H28N2O. The Labute approximate surface area is 145 Å². The molecule has 0 atom stereocenters. The highest BCUT2D eigenvalue weighted by Gasteiger charge is 2.11. The number of hydrogen-bond acceptors (Lipinski definition) is 2. The molecule has 1 N–H and O–H groups in total. The first-order valence-electron chi connectivity index (χ1n) is 8.70. The fourth-order valence-corrected chi connectivity index (χ4v) is 2.84. The Morgan fingerprint density at radius 1 is 0.958 bits per heavy atom. The van der Waals surface area contributed by atoms with Crippen LogP contribution in [0, 0.1) is 13.8 Å². The van der Waals surface area contributed by atoms with Gasteiger partial charge >= 0.3 is 0 Å². The van der Waals surface area contributed by atoms with E-state index in [0.29, 0.717) is 6.54 Å². The van der Waals surface area contributed by atoms with Gasteiger partial charge in [0.25, 0.3) is 5.91 Å². The molecule has 0 unspecified atom stereocenters. The van der Waals surface area contributed by atoms with Gasteiger partial charge in [-0.2, -0.15) is 0 Å². The first-order valence-corrected chi connectivity index (χ1v) is 8.70. The minimum atomic E-state index is -0.00570. The normalized spacial score (nSPS) is 10.9. The van der Waals surface area contributed by atoms with Gasteiger partial charge in [0.05, 0.1) is 0 Å². The standard InChI is InChI=1S/C21H28N2O/c1-5-23(6-2)15-19-12-8-7-11-18(19)14-22-21(24)20-13-9-10-16(3)17(20)4/h7-13H,5-6,14-15H2,1-4H3,(H,22,24). The van der Waals surface area contributed by atoms with Crippen LogP contribution in [0.4, 0.5) is 0 Å². The summed E-state index contributed by atoms with van der Waals surface area (Å²) in [6.07, 6.45) is 0. The van der Waals surface area contributed by atoms with Crippen molar-refractivity contribution in [2.24, 2.45) is 0 Å². The molecule has 0 saturated carbocycles. The molecule has 0 saturated heterocycles. The van der Waals surface area contributed by atoms with Gasteiger partial charge in [0.15, 0.2) is 0 Å². The van der Waals surface area contributed by atoms with Crippen molar-refractivity contribution in [3.63, 3.8) is 0 Å². The van der Waals surface area contributed by atoms with Crippen LogP contribution < -0.4 is 5.32 Å². The van der Waals surface area contributed by atoms with Crippen LogP contribution >= 0.6 is 0 Å². The molecule has 3 nitrogen and oxygen atoms in total. The molecule has 0 fully saturated rings. The summed E-state index contributed by atoms with van der Waals surface area (Å²) < 4.78 is 0. The number of aryl methyl sites for hydroxylation is 1. The minimum Gasteiger partial charge on any atom is -0.348 e. The topological polar surface area (TPSA) is 32.3 Å². The van der Waals surface area contributed by atoms with E-state index in [0.717, 1.165) is 36.3 Å². The highest BCUT2D eigenvalue weighted by molar-refractivity contribution is 5.95. The van der Waals surface area contributed by atoms with Crippen molar-refractivity contribution in [3.8, 4) is 0 Å². The number of carbonyl (C=O) groups is 1. The summed E-state index contributed by atoms with van der Waals surface area (Å²) in [5, 5.41) is 3.08. The predicted octanol–water partition coefficient (Wildman–Crippen LogP) is 4.08. The van der Waals surface area contributed by atoms with Gasteiger partial charge < -0.3 is 5.32 Å². The summed E-state index contributed by atoms with van der Waals surface area (Å²) in [6, 6.07) is 14.2. The van der Waals surface area contributed by atoms with Gasteiger partial charge in [-0.15, -0.1) is 0 Å². The maximum atomic E-state index is 12.5. The van der Waals surface area contributed by atoms with Crippen molar-refractivity contribution in [2.45, 2.75) is 40.8 Å². The van der Waals surface area contributed by atoms with Crippen LogP contribution in [0.2, 0.25) is 0 Å². The molecule has 0 aromatic heterocycles. The molecule has 0 aliphatic carbocycles. The Hall–Kier alpha value is -2.13. The Morgan fingerprint density at radius 2 is 1.62 bits per heavy atom. The number of nitrogens with one attached hydrogen (secondary N) is 1. The van der Waals surface area contributed by atoms with Crippen molar-refractivity contribution in [1.82, 2.24) is 10.2 Å². The molecule has 0 aliphatic heterocycles. The lowest BCUT2D eigenvalue weighted by molar-refractivity contribution is 0.0950. The first kappa shape index (κ1) is 18.2. The average Bonchev–Trinajstić information content (AvgIpc) is 2.60. The molecular weight excluding hydrogens is 296 g/mol. The van der Waals surface area contributed by atoms with Gasteiger partial charge in [-0.3, -0.25) is 9.69 Å². The SMILES string of the molecule is CCN(CC)Cc1ccccc1CNC(=O)c1cccc(C)c1C. The van der Waals surface area contributed by atoms with Crippen LogP contribution in [0.25, 0.3) is 0 Å². The Bertz CT molecular complexity index is 690. The molecule has 3 heteroatoms. The maximum Gasteiger partial charge on any atom is 0.251 e.